The van der Waals surface area contributed by atoms with E-state index >= 15 is 0 Å². The van der Waals surface area contributed by atoms with Crippen LogP contribution in [-0.2, 0) is 16.0 Å². The summed E-state index contributed by atoms with van der Waals surface area (Å²) in [4.78, 5) is 21.7. The molecular weight excluding hydrogens is 426 g/mol. The first kappa shape index (κ1) is 15.6. The highest BCUT2D eigenvalue weighted by Crippen LogP contribution is 2.23. The summed E-state index contributed by atoms with van der Waals surface area (Å²) in [6.45, 7) is 7.21. The molecule has 0 atom stereocenters. The lowest BCUT2D eigenvalue weighted by Gasteiger charge is -2.26. The SMILES string of the molecule is [2H]c1ccc(Cc2nc(-c3c([2H])c([2H])c([2H])c([2H])c3[2H])cnc2NCC(C)(C)OC(=O)C(=C)c2ccco2)c([2H])c1. The van der Waals surface area contributed by atoms with E-state index in [1.54, 1.807) is 38.1 Å². The van der Waals surface area contributed by atoms with Crippen molar-refractivity contribution in [2.45, 2.75) is 25.9 Å². The second kappa shape index (κ2) is 10.2. The average molecular weight is 461 g/mol. The van der Waals surface area contributed by atoms with Gasteiger partial charge in [-0.3, -0.25) is 0 Å². The molecule has 0 spiro atoms. The molecule has 0 aliphatic rings. The number of benzene rings is 2. The number of carbonyl (C=O) groups is 1. The highest BCUT2D eigenvalue weighted by Gasteiger charge is 2.26. The molecule has 2 aromatic carbocycles. The van der Waals surface area contributed by atoms with E-state index in [4.69, 9.17) is 18.7 Å². The summed E-state index contributed by atoms with van der Waals surface area (Å²) >= 11 is 0. The van der Waals surface area contributed by atoms with E-state index in [-0.39, 0.29) is 47.7 Å². The van der Waals surface area contributed by atoms with E-state index in [0.29, 0.717) is 17.0 Å². The Bertz CT molecular complexity index is 1610. The van der Waals surface area contributed by atoms with Crippen molar-refractivity contribution >= 4 is 17.4 Å². The molecule has 0 aliphatic heterocycles. The Labute approximate surface area is 209 Å². The highest BCUT2D eigenvalue weighted by molar-refractivity contribution is 6.14. The first-order chi connectivity index (χ1) is 19.3. The Morgan fingerprint density at radius 2 is 1.97 bits per heavy atom. The lowest BCUT2D eigenvalue weighted by Crippen LogP contribution is -2.36. The third kappa shape index (κ3) is 5.78. The number of esters is 1. The summed E-state index contributed by atoms with van der Waals surface area (Å²) in [5.74, 6) is -0.0894. The molecule has 0 radical (unpaired) electrons. The summed E-state index contributed by atoms with van der Waals surface area (Å²) in [5.41, 5.74) is -0.154. The van der Waals surface area contributed by atoms with E-state index in [2.05, 4.69) is 21.9 Å². The minimum Gasteiger partial charge on any atom is -0.464 e. The van der Waals surface area contributed by atoms with Crippen molar-refractivity contribution < 1.29 is 23.5 Å². The maximum atomic E-state index is 12.6. The Kier molecular flexibility index (Phi) is 4.67. The Hall–Kier alpha value is -4.19. The first-order valence-electron chi connectivity index (χ1n) is 14.0. The zero-order chi connectivity index (χ0) is 30.1. The summed E-state index contributed by atoms with van der Waals surface area (Å²) in [6.07, 6.45) is 2.82. The van der Waals surface area contributed by atoms with Crippen molar-refractivity contribution in [3.8, 4) is 11.3 Å². The normalized spacial score (nSPS) is 14.0. The number of ether oxygens (including phenoxy) is 1. The molecule has 0 aliphatic carbocycles. The quantitative estimate of drug-likeness (QED) is 0.252. The number of anilines is 1. The molecule has 34 heavy (non-hydrogen) atoms. The molecule has 0 unspecified atom stereocenters. The summed E-state index contributed by atoms with van der Waals surface area (Å²) in [7, 11) is 0. The van der Waals surface area contributed by atoms with Gasteiger partial charge in [0.2, 0.25) is 0 Å². The second-order valence-corrected chi connectivity index (χ2v) is 8.00. The highest BCUT2D eigenvalue weighted by atomic mass is 16.6. The van der Waals surface area contributed by atoms with Crippen LogP contribution < -0.4 is 5.32 Å². The summed E-state index contributed by atoms with van der Waals surface area (Å²) < 4.78 is 67.4. The maximum absolute atomic E-state index is 12.6. The minimum absolute atomic E-state index is 0.0617. The molecule has 2 heterocycles. The third-order valence-electron chi connectivity index (χ3n) is 4.80. The van der Waals surface area contributed by atoms with Gasteiger partial charge in [0, 0.05) is 12.0 Å². The van der Waals surface area contributed by atoms with E-state index < -0.39 is 41.8 Å². The van der Waals surface area contributed by atoms with Gasteiger partial charge in [0.05, 0.1) is 45.6 Å². The molecule has 0 amide bonds. The van der Waals surface area contributed by atoms with Crippen LogP contribution in [0.4, 0.5) is 5.82 Å². The van der Waals surface area contributed by atoms with Gasteiger partial charge in [0.25, 0.3) is 0 Å². The number of hydrogen-bond donors (Lipinski definition) is 1. The van der Waals surface area contributed by atoms with Crippen LogP contribution >= 0.6 is 0 Å². The van der Waals surface area contributed by atoms with Crippen LogP contribution in [0.1, 0.15) is 40.5 Å². The molecule has 6 nitrogen and oxygen atoms in total. The van der Waals surface area contributed by atoms with Gasteiger partial charge >= 0.3 is 5.97 Å². The maximum Gasteiger partial charge on any atom is 0.341 e. The van der Waals surface area contributed by atoms with Gasteiger partial charge in [-0.1, -0.05) is 67.1 Å². The minimum atomic E-state index is -1.04. The van der Waals surface area contributed by atoms with E-state index in [9.17, 15) is 4.79 Å². The fraction of sp³-hybridized carbons (Fsp3) is 0.179. The number of nitrogens with one attached hydrogen (secondary N) is 1. The topological polar surface area (TPSA) is 77.3 Å². The molecule has 4 rings (SSSR count). The van der Waals surface area contributed by atoms with Crippen LogP contribution in [0.5, 0.6) is 0 Å². The van der Waals surface area contributed by atoms with Gasteiger partial charge in [-0.25, -0.2) is 14.8 Å². The number of nitrogens with zero attached hydrogens (tertiary/aromatic N) is 2. The van der Waals surface area contributed by atoms with Crippen LogP contribution in [0.15, 0.2) is 96.1 Å². The van der Waals surface area contributed by atoms with Gasteiger partial charge in [-0.2, -0.15) is 0 Å². The van der Waals surface area contributed by atoms with Crippen LogP contribution in [0, 0.1) is 0 Å². The van der Waals surface area contributed by atoms with Crippen molar-refractivity contribution in [1.82, 2.24) is 9.97 Å². The smallest absolute Gasteiger partial charge is 0.341 e. The number of aromatic nitrogens is 2. The molecule has 1 N–H and O–H groups in total. The van der Waals surface area contributed by atoms with Crippen LogP contribution in [0.25, 0.3) is 16.8 Å². The lowest BCUT2D eigenvalue weighted by atomic mass is 10.1. The molecule has 0 saturated heterocycles. The Morgan fingerprint density at radius 1 is 1.15 bits per heavy atom. The zero-order valence-corrected chi connectivity index (χ0v) is 18.8. The molecular formula is C28H27N3O3. The van der Waals surface area contributed by atoms with Crippen molar-refractivity contribution in [2.75, 3.05) is 11.9 Å². The zero-order valence-electron chi connectivity index (χ0n) is 25.8. The third-order valence-corrected chi connectivity index (χ3v) is 4.80. The Morgan fingerprint density at radius 3 is 2.71 bits per heavy atom. The molecule has 172 valence electrons. The molecule has 0 bridgehead atoms. The predicted molar refractivity (Wildman–Crippen MR) is 133 cm³/mol. The number of hydrogen-bond acceptors (Lipinski definition) is 6. The van der Waals surface area contributed by atoms with Crippen molar-refractivity contribution in [3.05, 3.63) is 109 Å². The Balaban J connectivity index is 1.67. The van der Waals surface area contributed by atoms with Crippen LogP contribution in [-0.4, -0.2) is 28.1 Å². The monoisotopic (exact) mass is 460 g/mol. The molecule has 0 saturated carbocycles. The first-order valence-corrected chi connectivity index (χ1v) is 10.5. The average Bonchev–Trinajstić information content (AvgIpc) is 3.46. The molecule has 2 aromatic heterocycles. The fourth-order valence-corrected chi connectivity index (χ4v) is 3.06. The lowest BCUT2D eigenvalue weighted by molar-refractivity contribution is -0.147. The van der Waals surface area contributed by atoms with Crippen molar-refractivity contribution in [2.24, 2.45) is 0 Å². The summed E-state index contributed by atoms with van der Waals surface area (Å²) in [6, 6.07) is 5.75. The molecule has 0 fully saturated rings. The van der Waals surface area contributed by atoms with Crippen LogP contribution in [0.3, 0.4) is 0 Å². The van der Waals surface area contributed by atoms with Gasteiger partial charge in [-0.15, -0.1) is 0 Å². The number of carbonyl (C=O) groups excluding carboxylic acids is 1. The van der Waals surface area contributed by atoms with E-state index in [1.165, 1.54) is 18.5 Å². The van der Waals surface area contributed by atoms with Crippen molar-refractivity contribution in [1.29, 1.82) is 0 Å². The van der Waals surface area contributed by atoms with E-state index in [0.717, 1.165) is 0 Å². The van der Waals surface area contributed by atoms with E-state index in [1.807, 2.05) is 0 Å². The fourth-order valence-electron chi connectivity index (χ4n) is 3.06. The predicted octanol–water partition coefficient (Wildman–Crippen LogP) is 5.77. The second-order valence-electron chi connectivity index (χ2n) is 8.00. The van der Waals surface area contributed by atoms with Gasteiger partial charge in [0.1, 0.15) is 17.2 Å². The largest absolute Gasteiger partial charge is 0.464 e. The van der Waals surface area contributed by atoms with Crippen LogP contribution in [0.2, 0.25) is 0 Å². The van der Waals surface area contributed by atoms with Gasteiger partial charge in [-0.05, 0) is 31.5 Å². The molecule has 4 aromatic rings. The van der Waals surface area contributed by atoms with Gasteiger partial charge in [0.15, 0.2) is 0 Å². The number of furan rings is 1. The van der Waals surface area contributed by atoms with Crippen molar-refractivity contribution in [3.63, 3.8) is 0 Å². The standard InChI is InChI=1S/C28H27N3O3/c1-20(25-15-10-16-33-25)27(32)34-28(2,3)19-30-26-23(17-21-11-6-4-7-12-21)31-24(18-29-26)22-13-8-5-9-14-22/h4-16,18H,1,17,19H2,2-3H3,(H,29,30)/i4D,5D,8D,9D,11D,13D,14D. The molecule has 6 heteroatoms. The summed E-state index contributed by atoms with van der Waals surface area (Å²) in [5, 5.41) is 3.12. The number of rotatable bonds is 9. The van der Waals surface area contributed by atoms with Gasteiger partial charge < -0.3 is 14.5 Å².